The zero-order valence-corrected chi connectivity index (χ0v) is 10.7. The normalized spacial score (nSPS) is 34.0. The summed E-state index contributed by atoms with van der Waals surface area (Å²) in [5.74, 6) is -1.95. The lowest BCUT2D eigenvalue weighted by Crippen LogP contribution is -2.48. The zero-order valence-electron chi connectivity index (χ0n) is 10.7. The second-order valence-electron chi connectivity index (χ2n) is 5.82. The number of carbonyl (C=O) groups is 3. The van der Waals surface area contributed by atoms with Gasteiger partial charge in [-0.3, -0.25) is 14.4 Å². The van der Waals surface area contributed by atoms with Gasteiger partial charge in [-0.05, 0) is 25.7 Å². The summed E-state index contributed by atoms with van der Waals surface area (Å²) in [6.07, 6.45) is 3.69. The molecule has 3 fully saturated rings. The molecule has 0 aromatic heterocycles. The number of nitrogens with zero attached hydrogens (tertiary/aromatic N) is 1. The Hall–Kier alpha value is -1.59. The predicted molar refractivity (Wildman–Crippen MR) is 65.1 cm³/mol. The number of hydrogen-bond donors (Lipinski definition) is 2. The predicted octanol–water partition coefficient (Wildman–Crippen LogP) is -0.0233. The van der Waals surface area contributed by atoms with Crippen molar-refractivity contribution in [3.05, 3.63) is 0 Å². The number of carboxylic acids is 1. The van der Waals surface area contributed by atoms with E-state index in [2.05, 4.69) is 5.32 Å². The van der Waals surface area contributed by atoms with Gasteiger partial charge in [-0.15, -0.1) is 0 Å². The lowest BCUT2D eigenvalue weighted by molar-refractivity contribution is -0.152. The van der Waals surface area contributed by atoms with Crippen molar-refractivity contribution in [3.63, 3.8) is 0 Å². The molecule has 2 aliphatic carbocycles. The highest BCUT2D eigenvalue weighted by atomic mass is 16.4. The second-order valence-corrected chi connectivity index (χ2v) is 5.82. The molecule has 1 heterocycles. The van der Waals surface area contributed by atoms with Crippen molar-refractivity contribution in [1.82, 2.24) is 10.2 Å². The SMILES string of the molecule is O=C(O)C1CCC1C(=O)NC1CC(=O)N(C2CC2)C1. The van der Waals surface area contributed by atoms with Gasteiger partial charge in [0.05, 0.1) is 17.9 Å². The van der Waals surface area contributed by atoms with Crippen molar-refractivity contribution in [2.75, 3.05) is 6.54 Å². The van der Waals surface area contributed by atoms with Crippen molar-refractivity contribution in [2.45, 2.75) is 44.2 Å². The van der Waals surface area contributed by atoms with Crippen LogP contribution in [0.15, 0.2) is 0 Å². The van der Waals surface area contributed by atoms with Crippen LogP contribution in [0, 0.1) is 11.8 Å². The molecular weight excluding hydrogens is 248 g/mol. The molecule has 0 bridgehead atoms. The molecule has 0 aromatic carbocycles. The highest BCUT2D eigenvalue weighted by Crippen LogP contribution is 2.35. The van der Waals surface area contributed by atoms with Gasteiger partial charge in [0, 0.05) is 19.0 Å². The molecule has 6 heteroatoms. The smallest absolute Gasteiger partial charge is 0.307 e. The van der Waals surface area contributed by atoms with Crippen LogP contribution >= 0.6 is 0 Å². The summed E-state index contributed by atoms with van der Waals surface area (Å²) < 4.78 is 0. The van der Waals surface area contributed by atoms with Crippen molar-refractivity contribution in [1.29, 1.82) is 0 Å². The van der Waals surface area contributed by atoms with Gasteiger partial charge >= 0.3 is 5.97 Å². The minimum atomic E-state index is -0.895. The van der Waals surface area contributed by atoms with E-state index in [1.54, 1.807) is 0 Å². The quantitative estimate of drug-likeness (QED) is 0.748. The Balaban J connectivity index is 1.53. The number of carboxylic acid groups (broad SMARTS) is 1. The number of hydrogen-bond acceptors (Lipinski definition) is 3. The van der Waals surface area contributed by atoms with Crippen LogP contribution in [-0.4, -0.2) is 46.4 Å². The average molecular weight is 266 g/mol. The van der Waals surface area contributed by atoms with Crippen molar-refractivity contribution < 1.29 is 19.5 Å². The molecule has 2 N–H and O–H groups in total. The van der Waals surface area contributed by atoms with E-state index in [0.29, 0.717) is 31.8 Å². The van der Waals surface area contributed by atoms with E-state index < -0.39 is 17.8 Å². The van der Waals surface area contributed by atoms with Gasteiger partial charge in [-0.25, -0.2) is 0 Å². The fourth-order valence-corrected chi connectivity index (χ4v) is 2.99. The second kappa shape index (κ2) is 4.51. The van der Waals surface area contributed by atoms with Crippen LogP contribution in [0.4, 0.5) is 0 Å². The average Bonchev–Trinajstić information content (AvgIpc) is 3.01. The van der Waals surface area contributed by atoms with Crippen molar-refractivity contribution >= 4 is 17.8 Å². The lowest BCUT2D eigenvalue weighted by atomic mass is 9.73. The van der Waals surface area contributed by atoms with Crippen LogP contribution in [0.25, 0.3) is 0 Å². The number of amides is 2. The van der Waals surface area contributed by atoms with Gasteiger partial charge in [-0.1, -0.05) is 0 Å². The maximum absolute atomic E-state index is 12.0. The first-order valence-corrected chi connectivity index (χ1v) is 6.89. The van der Waals surface area contributed by atoms with Gasteiger partial charge in [0.1, 0.15) is 0 Å². The van der Waals surface area contributed by atoms with Gasteiger partial charge in [0.2, 0.25) is 11.8 Å². The van der Waals surface area contributed by atoms with E-state index in [1.165, 1.54) is 0 Å². The summed E-state index contributed by atoms with van der Waals surface area (Å²) in [4.78, 5) is 36.5. The van der Waals surface area contributed by atoms with Gasteiger partial charge in [-0.2, -0.15) is 0 Å². The molecule has 1 saturated heterocycles. The van der Waals surface area contributed by atoms with Gasteiger partial charge < -0.3 is 15.3 Å². The molecule has 3 atom stereocenters. The number of aliphatic carboxylic acids is 1. The Bertz CT molecular complexity index is 432. The monoisotopic (exact) mass is 266 g/mol. The molecule has 1 aliphatic heterocycles. The molecular formula is C13H18N2O4. The van der Waals surface area contributed by atoms with E-state index in [1.807, 2.05) is 4.90 Å². The molecule has 2 saturated carbocycles. The molecule has 3 unspecified atom stereocenters. The molecule has 19 heavy (non-hydrogen) atoms. The van der Waals surface area contributed by atoms with Crippen LogP contribution in [0.1, 0.15) is 32.1 Å². The lowest BCUT2D eigenvalue weighted by Gasteiger charge is -2.32. The maximum Gasteiger partial charge on any atom is 0.307 e. The summed E-state index contributed by atoms with van der Waals surface area (Å²) in [5, 5.41) is 11.8. The highest BCUT2D eigenvalue weighted by Gasteiger charge is 2.44. The molecule has 0 spiro atoms. The summed E-state index contributed by atoms with van der Waals surface area (Å²) in [6, 6.07) is 0.237. The fourth-order valence-electron chi connectivity index (χ4n) is 2.99. The summed E-state index contributed by atoms with van der Waals surface area (Å²) >= 11 is 0. The molecule has 3 aliphatic rings. The van der Waals surface area contributed by atoms with Crippen LogP contribution in [0.3, 0.4) is 0 Å². The van der Waals surface area contributed by atoms with Crippen LogP contribution in [0.5, 0.6) is 0 Å². The Kier molecular flexibility index (Phi) is 2.95. The molecule has 0 radical (unpaired) electrons. The minimum absolute atomic E-state index is 0.108. The van der Waals surface area contributed by atoms with E-state index in [9.17, 15) is 14.4 Å². The Morgan fingerprint density at radius 2 is 1.84 bits per heavy atom. The van der Waals surface area contributed by atoms with Crippen molar-refractivity contribution in [2.24, 2.45) is 11.8 Å². The van der Waals surface area contributed by atoms with E-state index in [4.69, 9.17) is 5.11 Å². The molecule has 104 valence electrons. The van der Waals surface area contributed by atoms with Crippen LogP contribution < -0.4 is 5.32 Å². The largest absolute Gasteiger partial charge is 0.481 e. The van der Waals surface area contributed by atoms with Gasteiger partial charge in [0.25, 0.3) is 0 Å². The molecule has 0 aromatic rings. The van der Waals surface area contributed by atoms with Crippen LogP contribution in [0.2, 0.25) is 0 Å². The third-order valence-corrected chi connectivity index (χ3v) is 4.42. The number of nitrogens with one attached hydrogen (secondary N) is 1. The third kappa shape index (κ3) is 2.31. The number of rotatable bonds is 4. The Morgan fingerprint density at radius 3 is 2.37 bits per heavy atom. The zero-order chi connectivity index (χ0) is 13.6. The Labute approximate surface area is 111 Å². The van der Waals surface area contributed by atoms with E-state index >= 15 is 0 Å². The van der Waals surface area contributed by atoms with Crippen LogP contribution in [-0.2, 0) is 14.4 Å². The number of likely N-dealkylation sites (tertiary alicyclic amines) is 1. The highest BCUT2D eigenvalue weighted by molar-refractivity contribution is 5.87. The van der Waals surface area contributed by atoms with E-state index in [0.717, 1.165) is 12.8 Å². The van der Waals surface area contributed by atoms with Crippen molar-refractivity contribution in [3.8, 4) is 0 Å². The standard InChI is InChI=1S/C13H18N2O4/c16-11-5-7(6-15(11)8-1-2-8)14-12(17)9-3-4-10(9)13(18)19/h7-10H,1-6H2,(H,14,17)(H,18,19). The fraction of sp³-hybridized carbons (Fsp3) is 0.769. The first kappa shape index (κ1) is 12.4. The minimum Gasteiger partial charge on any atom is -0.481 e. The summed E-state index contributed by atoms with van der Waals surface area (Å²) in [7, 11) is 0. The van der Waals surface area contributed by atoms with E-state index in [-0.39, 0.29) is 17.9 Å². The maximum atomic E-state index is 12.0. The summed E-state index contributed by atoms with van der Waals surface area (Å²) in [5.41, 5.74) is 0. The van der Waals surface area contributed by atoms with Gasteiger partial charge in [0.15, 0.2) is 0 Å². The first-order chi connectivity index (χ1) is 9.06. The third-order valence-electron chi connectivity index (χ3n) is 4.42. The molecule has 3 rings (SSSR count). The topological polar surface area (TPSA) is 86.7 Å². The first-order valence-electron chi connectivity index (χ1n) is 6.89. The molecule has 6 nitrogen and oxygen atoms in total. The molecule has 2 amide bonds. The number of carbonyl (C=O) groups excluding carboxylic acids is 2. The summed E-state index contributed by atoms with van der Waals surface area (Å²) in [6.45, 7) is 0.583. The Morgan fingerprint density at radius 1 is 1.16 bits per heavy atom.